The lowest BCUT2D eigenvalue weighted by Gasteiger charge is -2.26. The molecule has 7 heteroatoms. The second kappa shape index (κ2) is 10.1. The third-order valence-electron chi connectivity index (χ3n) is 3.82. The van der Waals surface area contributed by atoms with Crippen LogP contribution in [0.15, 0.2) is 52.3 Å². The molecule has 0 fully saturated rings. The summed E-state index contributed by atoms with van der Waals surface area (Å²) in [4.78, 5) is 14.7. The van der Waals surface area contributed by atoms with Gasteiger partial charge in [-0.05, 0) is 43.8 Å². The minimum Gasteiger partial charge on any atom is -0.491 e. The van der Waals surface area contributed by atoms with Gasteiger partial charge in [0.2, 0.25) is 0 Å². The summed E-state index contributed by atoms with van der Waals surface area (Å²) in [5.41, 5.74) is 0. The van der Waals surface area contributed by atoms with E-state index >= 15 is 0 Å². The molecule has 0 amide bonds. The van der Waals surface area contributed by atoms with E-state index in [1.807, 2.05) is 55.1 Å². The summed E-state index contributed by atoms with van der Waals surface area (Å²) in [6, 6.07) is 13.2. The predicted octanol–water partition coefficient (Wildman–Crippen LogP) is 5.32. The maximum absolute atomic E-state index is 11.0. The zero-order chi connectivity index (χ0) is 19.1. The van der Waals surface area contributed by atoms with Crippen molar-refractivity contribution in [3.63, 3.8) is 0 Å². The van der Waals surface area contributed by atoms with Gasteiger partial charge in [-0.3, -0.25) is 9.69 Å². The number of likely N-dealkylation sites (N-methyl/N-ethyl adjacent to an activating group) is 1. The highest BCUT2D eigenvalue weighted by Crippen LogP contribution is 2.37. The lowest BCUT2D eigenvalue weighted by molar-refractivity contribution is -0.138. The van der Waals surface area contributed by atoms with E-state index in [0.29, 0.717) is 23.2 Å². The first kappa shape index (κ1) is 20.9. The largest absolute Gasteiger partial charge is 0.491 e. The molecular weight excluding hydrogens is 393 g/mol. The zero-order valence-electron chi connectivity index (χ0n) is 14.6. The molecule has 0 aliphatic carbocycles. The number of carbonyl (C=O) groups is 1. The quantitative estimate of drug-likeness (QED) is 0.602. The smallest absolute Gasteiger partial charge is 0.317 e. The van der Waals surface area contributed by atoms with Crippen LogP contribution in [-0.4, -0.2) is 41.7 Å². The van der Waals surface area contributed by atoms with Crippen LogP contribution >= 0.6 is 35.0 Å². The minimum absolute atomic E-state index is 0.000692. The van der Waals surface area contributed by atoms with Gasteiger partial charge in [-0.25, -0.2) is 0 Å². The molecule has 4 nitrogen and oxygen atoms in total. The van der Waals surface area contributed by atoms with Gasteiger partial charge in [0.1, 0.15) is 12.4 Å². The number of carboxylic acid groups (broad SMARTS) is 1. The molecule has 0 aliphatic heterocycles. The zero-order valence-corrected chi connectivity index (χ0v) is 16.9. The van der Waals surface area contributed by atoms with Crippen LogP contribution in [0.3, 0.4) is 0 Å². The molecule has 0 aliphatic rings. The SMILES string of the molecule is CCN(CC(=O)O)[C@H](C)COc1ccccc1Sc1ccc(Cl)c(Cl)c1. The van der Waals surface area contributed by atoms with Crippen molar-refractivity contribution in [2.45, 2.75) is 29.7 Å². The Morgan fingerprint density at radius 3 is 2.62 bits per heavy atom. The van der Waals surface area contributed by atoms with Crippen LogP contribution in [-0.2, 0) is 4.79 Å². The molecule has 1 atom stereocenters. The molecule has 0 heterocycles. The number of carboxylic acids is 1. The summed E-state index contributed by atoms with van der Waals surface area (Å²) in [6.45, 7) is 4.95. The Hall–Kier alpha value is -1.40. The molecule has 0 saturated carbocycles. The van der Waals surface area contributed by atoms with Gasteiger partial charge in [-0.15, -0.1) is 0 Å². The number of aliphatic carboxylic acids is 1. The van der Waals surface area contributed by atoms with Crippen molar-refractivity contribution in [3.05, 3.63) is 52.5 Å². The van der Waals surface area contributed by atoms with Gasteiger partial charge in [-0.1, -0.05) is 54.0 Å². The summed E-state index contributed by atoms with van der Waals surface area (Å²) in [7, 11) is 0. The summed E-state index contributed by atoms with van der Waals surface area (Å²) in [6.07, 6.45) is 0. The first-order valence-corrected chi connectivity index (χ1v) is 9.78. The maximum atomic E-state index is 11.0. The van der Waals surface area contributed by atoms with Crippen LogP contribution in [0, 0.1) is 0 Å². The van der Waals surface area contributed by atoms with Gasteiger partial charge in [0, 0.05) is 10.9 Å². The third kappa shape index (κ3) is 6.09. The molecule has 2 aromatic rings. The number of ether oxygens (including phenoxy) is 1. The third-order valence-corrected chi connectivity index (χ3v) is 5.60. The highest BCUT2D eigenvalue weighted by atomic mass is 35.5. The van der Waals surface area contributed by atoms with Crippen molar-refractivity contribution >= 4 is 40.9 Å². The van der Waals surface area contributed by atoms with Crippen molar-refractivity contribution in [2.24, 2.45) is 0 Å². The molecule has 26 heavy (non-hydrogen) atoms. The van der Waals surface area contributed by atoms with E-state index in [0.717, 1.165) is 15.5 Å². The van der Waals surface area contributed by atoms with Crippen LogP contribution in [0.2, 0.25) is 10.0 Å². The van der Waals surface area contributed by atoms with Crippen LogP contribution in [0.5, 0.6) is 5.75 Å². The van der Waals surface area contributed by atoms with Crippen LogP contribution in [0.25, 0.3) is 0 Å². The van der Waals surface area contributed by atoms with Crippen LogP contribution in [0.1, 0.15) is 13.8 Å². The van der Waals surface area contributed by atoms with E-state index in [2.05, 4.69) is 0 Å². The molecule has 2 aromatic carbocycles. The summed E-state index contributed by atoms with van der Waals surface area (Å²) in [5, 5.41) is 10.0. The average Bonchev–Trinajstić information content (AvgIpc) is 2.61. The van der Waals surface area contributed by atoms with Gasteiger partial charge >= 0.3 is 5.97 Å². The van der Waals surface area contributed by atoms with Gasteiger partial charge in [0.25, 0.3) is 0 Å². The fourth-order valence-corrected chi connectivity index (χ4v) is 3.69. The molecule has 0 aromatic heterocycles. The Bertz CT molecular complexity index is 757. The Labute approximate surface area is 168 Å². The Morgan fingerprint density at radius 2 is 1.96 bits per heavy atom. The van der Waals surface area contributed by atoms with Crippen molar-refractivity contribution in [3.8, 4) is 5.75 Å². The highest BCUT2D eigenvalue weighted by molar-refractivity contribution is 7.99. The monoisotopic (exact) mass is 413 g/mol. The highest BCUT2D eigenvalue weighted by Gasteiger charge is 2.16. The Kier molecular flexibility index (Phi) is 8.10. The molecule has 0 bridgehead atoms. The second-order valence-electron chi connectivity index (χ2n) is 5.74. The molecular formula is C19H21Cl2NO3S. The lowest BCUT2D eigenvalue weighted by Crippen LogP contribution is -2.40. The first-order chi connectivity index (χ1) is 12.4. The molecule has 0 spiro atoms. The van der Waals surface area contributed by atoms with Crippen LogP contribution < -0.4 is 4.74 Å². The normalized spacial score (nSPS) is 12.2. The number of hydrogen-bond donors (Lipinski definition) is 1. The van der Waals surface area contributed by atoms with Crippen LogP contribution in [0.4, 0.5) is 0 Å². The molecule has 140 valence electrons. The Morgan fingerprint density at radius 1 is 1.23 bits per heavy atom. The number of para-hydroxylation sites is 1. The standard InChI is InChI=1S/C19H21Cl2NO3S/c1-3-22(11-19(23)24)13(2)12-25-17-6-4-5-7-18(17)26-14-8-9-15(20)16(21)10-14/h4-10,13H,3,11-12H2,1-2H3,(H,23,24)/t13-/m1/s1. The number of nitrogens with zero attached hydrogens (tertiary/aromatic N) is 1. The van der Waals surface area contributed by atoms with E-state index in [9.17, 15) is 4.79 Å². The molecule has 0 radical (unpaired) electrons. The topological polar surface area (TPSA) is 49.8 Å². The van der Waals surface area contributed by atoms with Crippen molar-refractivity contribution < 1.29 is 14.6 Å². The summed E-state index contributed by atoms with van der Waals surface area (Å²) >= 11 is 13.6. The lowest BCUT2D eigenvalue weighted by atomic mass is 10.3. The number of benzene rings is 2. The van der Waals surface area contributed by atoms with Crippen molar-refractivity contribution in [2.75, 3.05) is 19.7 Å². The summed E-state index contributed by atoms with van der Waals surface area (Å²) < 4.78 is 5.98. The Balaban J connectivity index is 2.06. The first-order valence-electron chi connectivity index (χ1n) is 8.21. The van der Waals surface area contributed by atoms with Gasteiger partial charge in [0.05, 0.1) is 21.5 Å². The van der Waals surface area contributed by atoms with Gasteiger partial charge in [0.15, 0.2) is 0 Å². The van der Waals surface area contributed by atoms with E-state index in [1.165, 1.54) is 11.8 Å². The van der Waals surface area contributed by atoms with E-state index in [-0.39, 0.29) is 12.6 Å². The second-order valence-corrected chi connectivity index (χ2v) is 7.67. The number of rotatable bonds is 9. The molecule has 0 unspecified atom stereocenters. The van der Waals surface area contributed by atoms with E-state index in [1.54, 1.807) is 6.07 Å². The average molecular weight is 414 g/mol. The number of halogens is 2. The number of hydrogen-bond acceptors (Lipinski definition) is 4. The van der Waals surface area contributed by atoms with Crippen molar-refractivity contribution in [1.82, 2.24) is 4.90 Å². The molecule has 0 saturated heterocycles. The molecule has 1 N–H and O–H groups in total. The maximum Gasteiger partial charge on any atom is 0.317 e. The van der Waals surface area contributed by atoms with Gasteiger partial charge in [-0.2, -0.15) is 0 Å². The fraction of sp³-hybridized carbons (Fsp3) is 0.316. The molecule has 2 rings (SSSR count). The van der Waals surface area contributed by atoms with Gasteiger partial charge < -0.3 is 9.84 Å². The minimum atomic E-state index is -0.839. The van der Waals surface area contributed by atoms with E-state index < -0.39 is 5.97 Å². The van der Waals surface area contributed by atoms with Crippen molar-refractivity contribution in [1.29, 1.82) is 0 Å². The summed E-state index contributed by atoms with van der Waals surface area (Å²) in [5.74, 6) is -0.0870. The fourth-order valence-electron chi connectivity index (χ4n) is 2.39. The van der Waals surface area contributed by atoms with E-state index in [4.69, 9.17) is 33.0 Å². The predicted molar refractivity (Wildman–Crippen MR) is 107 cm³/mol.